The first-order valence-electron chi connectivity index (χ1n) is 14.8. The molecular formula is C37H51N5O5. The fourth-order valence-corrected chi connectivity index (χ4v) is 3.37. The third-order valence-electron chi connectivity index (χ3n) is 5.85. The van der Waals surface area contributed by atoms with E-state index in [2.05, 4.69) is 38.1 Å². The summed E-state index contributed by atoms with van der Waals surface area (Å²) in [6.07, 6.45) is 3.43. The minimum atomic E-state index is 0.00463. The number of nitrogens with one attached hydrogen (secondary N) is 3. The Balaban J connectivity index is 0.000000574. The summed E-state index contributed by atoms with van der Waals surface area (Å²) >= 11 is 0. The lowest BCUT2D eigenvalue weighted by Gasteiger charge is -2.01. The van der Waals surface area contributed by atoms with Crippen molar-refractivity contribution in [3.8, 4) is 23.0 Å². The second kappa shape index (κ2) is 27.1. The van der Waals surface area contributed by atoms with E-state index in [1.165, 1.54) is 12.5 Å². The Morgan fingerprint density at radius 3 is 1.57 bits per heavy atom. The Morgan fingerprint density at radius 2 is 1.15 bits per heavy atom. The van der Waals surface area contributed by atoms with Crippen molar-refractivity contribution >= 4 is 18.3 Å². The molecule has 0 unspecified atom stereocenters. The monoisotopic (exact) mass is 645 g/mol. The third kappa shape index (κ3) is 20.5. The normalized spacial score (nSPS) is 9.70. The number of hydrogen-bond acceptors (Lipinski definition) is 9. The second-order valence-corrected chi connectivity index (χ2v) is 9.45. The first kappa shape index (κ1) is 41.8. The molecule has 0 aliphatic heterocycles. The van der Waals surface area contributed by atoms with Gasteiger partial charge in [0.05, 0.1) is 14.2 Å². The first-order chi connectivity index (χ1) is 22.7. The fraction of sp³-hybridized carbons (Fsp3) is 0.270. The standard InChI is InChI=1S/C9H13NO.C9H11NO.C8H11NO.C8H9NO.C3H7NO/c2*1-10-7-8-3-5-9(11-2)6-4-8;2*1-9-6-7-4-2-3-5-8(7)10;1-3(5)4-2/h3-6,10H,7H2,1-2H3;3-7H,1-2H3;2-5,9-10H,6H2,1H3;2-6,10H,1H3;1-2H3,(H,4,5). The van der Waals surface area contributed by atoms with Crippen LogP contribution in [0, 0.1) is 0 Å². The van der Waals surface area contributed by atoms with Crippen molar-refractivity contribution < 1.29 is 24.5 Å². The van der Waals surface area contributed by atoms with Crippen LogP contribution in [-0.2, 0) is 17.9 Å². The number of aromatic hydroxyl groups is 2. The van der Waals surface area contributed by atoms with Gasteiger partial charge in [-0.3, -0.25) is 14.8 Å². The zero-order valence-corrected chi connectivity index (χ0v) is 28.8. The summed E-state index contributed by atoms with van der Waals surface area (Å²) in [6.45, 7) is 3.09. The van der Waals surface area contributed by atoms with E-state index >= 15 is 0 Å². The number of rotatable bonds is 8. The van der Waals surface area contributed by atoms with Crippen LogP contribution in [0.1, 0.15) is 29.2 Å². The Hall–Kier alpha value is -5.19. The molecule has 0 aliphatic carbocycles. The van der Waals surface area contributed by atoms with Gasteiger partial charge in [0.25, 0.3) is 0 Å². The molecule has 0 aliphatic rings. The summed E-state index contributed by atoms with van der Waals surface area (Å²) in [5.41, 5.74) is 4.05. The summed E-state index contributed by atoms with van der Waals surface area (Å²) in [4.78, 5) is 17.4. The van der Waals surface area contributed by atoms with Crippen LogP contribution in [0.25, 0.3) is 0 Å². The molecule has 254 valence electrons. The van der Waals surface area contributed by atoms with Gasteiger partial charge in [-0.05, 0) is 79.8 Å². The summed E-state index contributed by atoms with van der Waals surface area (Å²) < 4.78 is 10.0. The number of carbonyl (C=O) groups excluding carboxylic acids is 1. The number of amides is 1. The summed E-state index contributed by atoms with van der Waals surface area (Å²) in [5.74, 6) is 2.41. The van der Waals surface area contributed by atoms with Crippen molar-refractivity contribution in [2.75, 3.05) is 49.5 Å². The molecule has 0 heterocycles. The maximum absolute atomic E-state index is 9.70. The van der Waals surface area contributed by atoms with Crippen molar-refractivity contribution in [1.29, 1.82) is 0 Å². The Kier molecular flexibility index (Phi) is 24.1. The van der Waals surface area contributed by atoms with Crippen LogP contribution in [0.15, 0.2) is 107 Å². The number of para-hydroxylation sites is 2. The number of ether oxygens (including phenoxy) is 2. The van der Waals surface area contributed by atoms with E-state index in [9.17, 15) is 9.90 Å². The van der Waals surface area contributed by atoms with Crippen LogP contribution in [-0.4, -0.2) is 78.0 Å². The lowest BCUT2D eigenvalue weighted by Crippen LogP contribution is -2.11. The summed E-state index contributed by atoms with van der Waals surface area (Å²) in [5, 5.41) is 26.8. The van der Waals surface area contributed by atoms with Gasteiger partial charge >= 0.3 is 0 Å². The van der Waals surface area contributed by atoms with Crippen LogP contribution in [0.2, 0.25) is 0 Å². The number of nitrogens with zero attached hydrogens (tertiary/aromatic N) is 2. The highest BCUT2D eigenvalue weighted by atomic mass is 16.5. The molecule has 4 aromatic rings. The minimum Gasteiger partial charge on any atom is -0.508 e. The van der Waals surface area contributed by atoms with Gasteiger partial charge in [0.15, 0.2) is 0 Å². The molecule has 1 amide bonds. The van der Waals surface area contributed by atoms with Gasteiger partial charge < -0.3 is 35.6 Å². The molecule has 4 aromatic carbocycles. The molecule has 10 heteroatoms. The third-order valence-corrected chi connectivity index (χ3v) is 5.85. The highest BCUT2D eigenvalue weighted by molar-refractivity contribution is 5.83. The zero-order valence-electron chi connectivity index (χ0n) is 28.8. The summed E-state index contributed by atoms with van der Waals surface area (Å²) in [7, 11) is 12.1. The van der Waals surface area contributed by atoms with Crippen molar-refractivity contribution in [3.05, 3.63) is 119 Å². The van der Waals surface area contributed by atoms with Crippen LogP contribution < -0.4 is 25.4 Å². The Morgan fingerprint density at radius 1 is 0.681 bits per heavy atom. The smallest absolute Gasteiger partial charge is 0.216 e. The zero-order chi connectivity index (χ0) is 35.3. The predicted octanol–water partition coefficient (Wildman–Crippen LogP) is 5.46. The number of hydrogen-bond donors (Lipinski definition) is 5. The lowest BCUT2D eigenvalue weighted by atomic mass is 10.2. The van der Waals surface area contributed by atoms with Crippen LogP contribution in [0.3, 0.4) is 0 Å². The quantitative estimate of drug-likeness (QED) is 0.161. The number of methoxy groups -OCH3 is 2. The number of aliphatic imine (C=N–C) groups is 2. The largest absolute Gasteiger partial charge is 0.508 e. The predicted molar refractivity (Wildman–Crippen MR) is 195 cm³/mol. The van der Waals surface area contributed by atoms with Crippen molar-refractivity contribution in [2.45, 2.75) is 20.0 Å². The molecule has 0 saturated heterocycles. The molecule has 0 aromatic heterocycles. The highest BCUT2D eigenvalue weighted by Gasteiger charge is 1.95. The lowest BCUT2D eigenvalue weighted by molar-refractivity contribution is -0.118. The fourth-order valence-electron chi connectivity index (χ4n) is 3.37. The minimum absolute atomic E-state index is 0.00463. The van der Waals surface area contributed by atoms with E-state index in [-0.39, 0.29) is 11.7 Å². The van der Waals surface area contributed by atoms with Crippen molar-refractivity contribution in [2.24, 2.45) is 9.98 Å². The molecule has 0 bridgehead atoms. The van der Waals surface area contributed by atoms with Gasteiger partial charge in [0.1, 0.15) is 23.0 Å². The van der Waals surface area contributed by atoms with E-state index in [4.69, 9.17) is 14.6 Å². The van der Waals surface area contributed by atoms with Crippen LogP contribution in [0.4, 0.5) is 0 Å². The van der Waals surface area contributed by atoms with Gasteiger partial charge in [-0.2, -0.15) is 0 Å². The molecule has 0 spiro atoms. The Bertz CT molecular complexity index is 1430. The maximum Gasteiger partial charge on any atom is 0.216 e. The topological polar surface area (TPSA) is 137 Å². The van der Waals surface area contributed by atoms with Crippen LogP contribution in [0.5, 0.6) is 23.0 Å². The average Bonchev–Trinajstić information content (AvgIpc) is 3.09. The number of phenolic OH excluding ortho intramolecular Hbond substituents is 2. The molecule has 4 rings (SSSR count). The summed E-state index contributed by atoms with van der Waals surface area (Å²) in [6, 6.07) is 30.2. The van der Waals surface area contributed by atoms with E-state index in [0.29, 0.717) is 12.3 Å². The molecule has 10 nitrogen and oxygen atoms in total. The molecular weight excluding hydrogens is 594 g/mol. The van der Waals surface area contributed by atoms with E-state index < -0.39 is 0 Å². The highest BCUT2D eigenvalue weighted by Crippen LogP contribution is 2.14. The maximum atomic E-state index is 9.70. The molecule has 0 atom stereocenters. The van der Waals surface area contributed by atoms with Gasteiger partial charge in [0, 0.05) is 64.7 Å². The van der Waals surface area contributed by atoms with Crippen molar-refractivity contribution in [1.82, 2.24) is 16.0 Å². The van der Waals surface area contributed by atoms with E-state index in [1.54, 1.807) is 66.0 Å². The number of benzene rings is 4. The number of phenols is 2. The number of carbonyl (C=O) groups is 1. The molecule has 0 radical (unpaired) electrons. The second-order valence-electron chi connectivity index (χ2n) is 9.45. The van der Waals surface area contributed by atoms with E-state index in [1.807, 2.05) is 80.8 Å². The van der Waals surface area contributed by atoms with Gasteiger partial charge in [0.2, 0.25) is 5.91 Å². The molecule has 47 heavy (non-hydrogen) atoms. The van der Waals surface area contributed by atoms with Crippen LogP contribution >= 0.6 is 0 Å². The van der Waals surface area contributed by atoms with Crippen molar-refractivity contribution in [3.63, 3.8) is 0 Å². The van der Waals surface area contributed by atoms with Gasteiger partial charge in [-0.25, -0.2) is 0 Å². The Labute approximate surface area is 280 Å². The SMILES string of the molecule is CN=Cc1ccc(OC)cc1.CN=Cc1ccccc1O.CNC(C)=O.CNCc1ccc(OC)cc1.CNCc1ccccc1O. The van der Waals surface area contributed by atoms with Gasteiger partial charge in [-0.15, -0.1) is 0 Å². The molecule has 0 fully saturated rings. The van der Waals surface area contributed by atoms with E-state index in [0.717, 1.165) is 34.7 Å². The first-order valence-corrected chi connectivity index (χ1v) is 14.8. The van der Waals surface area contributed by atoms with Gasteiger partial charge in [-0.1, -0.05) is 42.5 Å². The molecule has 0 saturated carbocycles. The molecule has 5 N–H and O–H groups in total. The average molecular weight is 646 g/mol.